The topological polar surface area (TPSA) is 119 Å². The molecule has 0 saturated carbocycles. The molecule has 0 unspecified atom stereocenters. The fourth-order valence-electron chi connectivity index (χ4n) is 3.09. The highest BCUT2D eigenvalue weighted by Gasteiger charge is 2.34. The Bertz CT molecular complexity index is 882. The van der Waals surface area contributed by atoms with Crippen LogP contribution in [0.1, 0.15) is 12.8 Å². The van der Waals surface area contributed by atoms with E-state index in [0.29, 0.717) is 42.5 Å². The second-order valence-corrected chi connectivity index (χ2v) is 6.81. The third-order valence-corrected chi connectivity index (χ3v) is 4.78. The summed E-state index contributed by atoms with van der Waals surface area (Å²) in [4.78, 5) is 39.8. The van der Waals surface area contributed by atoms with E-state index in [1.165, 1.54) is 6.07 Å². The molecule has 9 nitrogen and oxygen atoms in total. The van der Waals surface area contributed by atoms with Gasteiger partial charge in [-0.25, -0.2) is 9.78 Å². The Kier molecular flexibility index (Phi) is 6.05. The average molecular weight is 405 g/mol. The first-order chi connectivity index (χ1) is 13.4. The van der Waals surface area contributed by atoms with Gasteiger partial charge >= 0.3 is 17.5 Å². The van der Waals surface area contributed by atoms with Crippen LogP contribution < -0.4 is 20.5 Å². The molecule has 146 valence electrons. The van der Waals surface area contributed by atoms with E-state index in [4.69, 9.17) is 11.6 Å². The van der Waals surface area contributed by atoms with Gasteiger partial charge in [-0.1, -0.05) is 11.6 Å². The quantitative estimate of drug-likeness (QED) is 0.599. The van der Waals surface area contributed by atoms with E-state index in [0.717, 1.165) is 0 Å². The number of carbonyl (C=O) groups excluding carboxylic acids is 2. The number of nitro groups is 1. The molecule has 0 aliphatic carbocycles. The van der Waals surface area contributed by atoms with Crippen molar-refractivity contribution < 1.29 is 19.5 Å². The molecule has 1 aromatic heterocycles. The first kappa shape index (κ1) is 19.6. The molecule has 3 amide bonds. The van der Waals surface area contributed by atoms with Crippen molar-refractivity contribution in [2.75, 3.05) is 23.3 Å². The molecule has 1 aliphatic rings. The average Bonchev–Trinajstić information content (AvgIpc) is 2.69. The molecular formula is C18H19ClN5O4+. The number of anilines is 2. The van der Waals surface area contributed by atoms with Crippen LogP contribution in [0.5, 0.6) is 0 Å². The largest absolute Gasteiger partial charge is 0.357 e. The first-order valence-corrected chi connectivity index (χ1v) is 9.09. The molecule has 0 atom stereocenters. The van der Waals surface area contributed by atoms with Gasteiger partial charge in [0.15, 0.2) is 0 Å². The first-order valence-electron chi connectivity index (χ1n) is 8.71. The summed E-state index contributed by atoms with van der Waals surface area (Å²) in [6.45, 7) is 0.941. The van der Waals surface area contributed by atoms with E-state index in [2.05, 4.69) is 15.6 Å². The summed E-state index contributed by atoms with van der Waals surface area (Å²) in [6, 6.07) is 8.93. The Hall–Kier alpha value is -3.20. The van der Waals surface area contributed by atoms with Crippen molar-refractivity contribution in [1.29, 1.82) is 0 Å². The van der Waals surface area contributed by atoms with E-state index < -0.39 is 11.0 Å². The maximum Gasteiger partial charge on any atom is 0.357 e. The molecule has 2 heterocycles. The lowest BCUT2D eigenvalue weighted by atomic mass is 9.96. The Morgan fingerprint density at radius 1 is 1.18 bits per heavy atom. The minimum atomic E-state index is -0.609. The Labute approximate surface area is 165 Å². The maximum atomic E-state index is 12.3. The van der Waals surface area contributed by atoms with Gasteiger partial charge in [0, 0.05) is 22.7 Å². The number of hydrogen-bond acceptors (Lipinski definition) is 5. The number of aromatic amines is 1. The van der Waals surface area contributed by atoms with Crippen LogP contribution in [0.4, 0.5) is 22.0 Å². The number of imide groups is 1. The van der Waals surface area contributed by atoms with Crippen molar-refractivity contribution in [1.82, 2.24) is 5.32 Å². The lowest BCUT2D eigenvalue weighted by Crippen LogP contribution is -2.44. The molecule has 1 aliphatic heterocycles. The summed E-state index contributed by atoms with van der Waals surface area (Å²) in [5.74, 6) is -0.278. The number of hydrogen-bond donors (Lipinski definition) is 2. The second-order valence-electron chi connectivity index (χ2n) is 6.37. The fraction of sp³-hybridized carbons (Fsp3) is 0.278. The summed E-state index contributed by atoms with van der Waals surface area (Å²) in [6.07, 6.45) is 2.60. The highest BCUT2D eigenvalue weighted by molar-refractivity contribution is 6.30. The SMILES string of the molecule is O=C(NC(=O)C1CCN(c2[nH+]cccc2[N+](=O)[O-])CC1)Nc1ccc(Cl)cc1. The number of nitrogens with zero attached hydrogens (tertiary/aromatic N) is 2. The van der Waals surface area contributed by atoms with Crippen molar-refractivity contribution in [3.05, 3.63) is 57.7 Å². The number of halogens is 1. The Balaban J connectivity index is 1.53. The van der Waals surface area contributed by atoms with Crippen LogP contribution in [-0.2, 0) is 4.79 Å². The predicted octanol–water partition coefficient (Wildman–Crippen LogP) is 2.63. The normalized spacial score (nSPS) is 14.4. The molecule has 28 heavy (non-hydrogen) atoms. The number of pyridine rings is 1. The fourth-order valence-corrected chi connectivity index (χ4v) is 3.22. The lowest BCUT2D eigenvalue weighted by molar-refractivity contribution is -0.411. The number of nitrogens with one attached hydrogen (secondary N) is 3. The summed E-state index contributed by atoms with van der Waals surface area (Å²) in [5, 5.41) is 16.6. The molecule has 3 rings (SSSR count). The number of benzene rings is 1. The molecule has 1 aromatic carbocycles. The molecule has 1 fully saturated rings. The standard InChI is InChI=1S/C18H18ClN5O4/c19-13-3-5-14(6-4-13)21-18(26)22-17(25)12-7-10-23(11-8-12)16-15(24(27)28)2-1-9-20-16/h1-6,9,12H,7-8,10-11H2,(H2,21,22,25,26)/p+1. The van der Waals surface area contributed by atoms with Gasteiger partial charge in [-0.05, 0) is 43.2 Å². The van der Waals surface area contributed by atoms with Crippen LogP contribution in [0.25, 0.3) is 0 Å². The number of rotatable bonds is 4. The van der Waals surface area contributed by atoms with Crippen molar-refractivity contribution in [2.45, 2.75) is 12.8 Å². The van der Waals surface area contributed by atoms with Gasteiger partial charge in [0.2, 0.25) is 5.91 Å². The minimum Gasteiger partial charge on any atom is -0.308 e. The molecule has 10 heteroatoms. The monoisotopic (exact) mass is 404 g/mol. The number of piperidine rings is 1. The van der Waals surface area contributed by atoms with Crippen LogP contribution in [0.15, 0.2) is 42.6 Å². The van der Waals surface area contributed by atoms with Gasteiger partial charge in [-0.3, -0.25) is 25.1 Å². The second kappa shape index (κ2) is 8.66. The van der Waals surface area contributed by atoms with Crippen LogP contribution in [0.3, 0.4) is 0 Å². The molecule has 0 spiro atoms. The van der Waals surface area contributed by atoms with Crippen molar-refractivity contribution >= 4 is 40.7 Å². The number of urea groups is 1. The zero-order valence-corrected chi connectivity index (χ0v) is 15.6. The van der Waals surface area contributed by atoms with Gasteiger partial charge in [-0.2, -0.15) is 0 Å². The smallest absolute Gasteiger partial charge is 0.308 e. The van der Waals surface area contributed by atoms with Gasteiger partial charge in [0.25, 0.3) is 0 Å². The molecule has 0 radical (unpaired) electrons. The predicted molar refractivity (Wildman–Crippen MR) is 103 cm³/mol. The molecule has 1 saturated heterocycles. The third kappa shape index (κ3) is 4.74. The van der Waals surface area contributed by atoms with Gasteiger partial charge < -0.3 is 5.32 Å². The molecular weight excluding hydrogens is 386 g/mol. The Morgan fingerprint density at radius 2 is 1.86 bits per heavy atom. The maximum absolute atomic E-state index is 12.3. The number of amides is 3. The van der Waals surface area contributed by atoms with Crippen molar-refractivity contribution in [3.8, 4) is 0 Å². The van der Waals surface area contributed by atoms with Crippen LogP contribution in [-0.4, -0.2) is 30.0 Å². The highest BCUT2D eigenvalue weighted by Crippen LogP contribution is 2.27. The summed E-state index contributed by atoms with van der Waals surface area (Å²) < 4.78 is 0. The summed E-state index contributed by atoms with van der Waals surface area (Å²) in [5.41, 5.74) is 0.518. The third-order valence-electron chi connectivity index (χ3n) is 4.53. The summed E-state index contributed by atoms with van der Waals surface area (Å²) in [7, 11) is 0. The summed E-state index contributed by atoms with van der Waals surface area (Å²) >= 11 is 5.79. The zero-order chi connectivity index (χ0) is 20.1. The van der Waals surface area contributed by atoms with Crippen LogP contribution in [0, 0.1) is 16.0 Å². The van der Waals surface area contributed by atoms with Gasteiger partial charge in [0.05, 0.1) is 24.2 Å². The van der Waals surface area contributed by atoms with Crippen molar-refractivity contribution in [2.24, 2.45) is 5.92 Å². The lowest BCUT2D eigenvalue weighted by Gasteiger charge is -2.26. The molecule has 0 bridgehead atoms. The number of H-pyrrole nitrogens is 1. The highest BCUT2D eigenvalue weighted by atomic mass is 35.5. The van der Waals surface area contributed by atoms with Crippen LogP contribution in [0.2, 0.25) is 5.02 Å². The van der Waals surface area contributed by atoms with E-state index in [1.54, 1.807) is 36.5 Å². The van der Waals surface area contributed by atoms with E-state index in [-0.39, 0.29) is 17.5 Å². The van der Waals surface area contributed by atoms with E-state index in [9.17, 15) is 19.7 Å². The molecule has 2 aromatic rings. The zero-order valence-electron chi connectivity index (χ0n) is 14.9. The van der Waals surface area contributed by atoms with Gasteiger partial charge in [0.1, 0.15) is 0 Å². The number of carbonyl (C=O) groups is 2. The molecule has 3 N–H and O–H groups in total. The van der Waals surface area contributed by atoms with E-state index in [1.807, 2.05) is 4.90 Å². The minimum absolute atomic E-state index is 0.00672. The van der Waals surface area contributed by atoms with E-state index >= 15 is 0 Å². The van der Waals surface area contributed by atoms with Gasteiger partial charge in [-0.15, -0.1) is 0 Å². The van der Waals surface area contributed by atoms with Crippen molar-refractivity contribution in [3.63, 3.8) is 0 Å². The Morgan fingerprint density at radius 3 is 2.50 bits per heavy atom. The van der Waals surface area contributed by atoms with Crippen LogP contribution >= 0.6 is 11.6 Å². The number of aromatic nitrogens is 1.